The fourth-order valence-corrected chi connectivity index (χ4v) is 0. The van der Waals surface area contributed by atoms with Gasteiger partial charge in [0.2, 0.25) is 0 Å². The van der Waals surface area contributed by atoms with Crippen molar-refractivity contribution < 1.29 is 38.7 Å². The molecule has 0 aromatic carbocycles. The average molecular weight is 375 g/mol. The third-order valence-corrected chi connectivity index (χ3v) is 0. The molecule has 0 aliphatic carbocycles. The maximum absolute atomic E-state index is 8.88. The minimum absolute atomic E-state index is 0. The first-order valence-electron chi connectivity index (χ1n) is 0.783. The SMILES string of the molecule is O=P(O)(O)O.[BiH3].[Zn]. The Labute approximate surface area is 72.4 Å². The Balaban J connectivity index is -0.0000000800. The van der Waals surface area contributed by atoms with E-state index >= 15 is 0 Å². The zero-order chi connectivity index (χ0) is 4.50. The molecule has 0 aromatic rings. The first-order chi connectivity index (χ1) is 2.00. The molecule has 7 heteroatoms. The molecular weight excluding hydrogens is 369 g/mol. The Kier molecular flexibility index (Phi) is 13.0. The summed E-state index contributed by atoms with van der Waals surface area (Å²) in [5, 5.41) is 0. The maximum atomic E-state index is 8.88. The van der Waals surface area contributed by atoms with Crippen molar-refractivity contribution in [3.05, 3.63) is 0 Å². The van der Waals surface area contributed by atoms with Crippen molar-refractivity contribution in [3.8, 4) is 0 Å². The van der Waals surface area contributed by atoms with Crippen molar-refractivity contribution in [2.45, 2.75) is 0 Å². The van der Waals surface area contributed by atoms with Gasteiger partial charge in [-0.15, -0.1) is 0 Å². The van der Waals surface area contributed by atoms with Gasteiger partial charge in [0.25, 0.3) is 0 Å². The van der Waals surface area contributed by atoms with E-state index in [1.807, 2.05) is 0 Å². The van der Waals surface area contributed by atoms with E-state index in [1.165, 1.54) is 0 Å². The summed E-state index contributed by atoms with van der Waals surface area (Å²) < 4.78 is 8.88. The van der Waals surface area contributed by atoms with Gasteiger partial charge in [-0.25, -0.2) is 4.57 Å². The van der Waals surface area contributed by atoms with Crippen molar-refractivity contribution in [3.63, 3.8) is 0 Å². The summed E-state index contributed by atoms with van der Waals surface area (Å²) in [5.74, 6) is 0. The van der Waals surface area contributed by atoms with Crippen LogP contribution in [-0.2, 0) is 24.0 Å². The molecule has 0 aliphatic heterocycles. The second-order valence-corrected chi connectivity index (χ2v) is 1.54. The van der Waals surface area contributed by atoms with Gasteiger partial charge in [0.15, 0.2) is 0 Å². The summed E-state index contributed by atoms with van der Waals surface area (Å²) in [7, 11) is -4.64. The molecule has 0 aliphatic rings. The van der Waals surface area contributed by atoms with E-state index in [-0.39, 0.29) is 45.7 Å². The van der Waals surface area contributed by atoms with Crippen LogP contribution in [-0.4, -0.2) is 40.9 Å². The van der Waals surface area contributed by atoms with Gasteiger partial charge < -0.3 is 14.7 Å². The molecule has 0 heterocycles. The Morgan fingerprint density at radius 1 is 1.14 bits per heavy atom. The molecule has 4 nitrogen and oxygen atoms in total. The van der Waals surface area contributed by atoms with Gasteiger partial charge in [0.1, 0.15) is 0 Å². The molecule has 0 spiro atoms. The molecule has 0 aromatic heterocycles. The molecule has 0 amide bonds. The predicted octanol–water partition coefficient (Wildman–Crippen LogP) is -2.12. The fraction of sp³-hybridized carbons (Fsp3) is 0. The predicted molar refractivity (Wildman–Crippen MR) is 24.2 cm³/mol. The summed E-state index contributed by atoms with van der Waals surface area (Å²) >= 11 is 0. The summed E-state index contributed by atoms with van der Waals surface area (Å²) in [6, 6.07) is 0. The van der Waals surface area contributed by atoms with E-state index in [0.717, 1.165) is 0 Å². The maximum Gasteiger partial charge on any atom is 0 e. The topological polar surface area (TPSA) is 77.8 Å². The van der Waals surface area contributed by atoms with Crippen LogP contribution in [0, 0.1) is 0 Å². The molecule has 0 unspecified atom stereocenters. The van der Waals surface area contributed by atoms with Crippen molar-refractivity contribution >= 4 is 34.0 Å². The number of phosphoric acid groups is 1. The smallest absolute Gasteiger partial charge is 0 e. The van der Waals surface area contributed by atoms with E-state index in [4.69, 9.17) is 19.2 Å². The van der Waals surface area contributed by atoms with Gasteiger partial charge in [0.05, 0.1) is 0 Å². The Morgan fingerprint density at radius 3 is 1.14 bits per heavy atom. The van der Waals surface area contributed by atoms with Gasteiger partial charge in [-0.2, -0.15) is 0 Å². The summed E-state index contributed by atoms with van der Waals surface area (Å²) in [5.41, 5.74) is 0. The molecule has 0 atom stereocenters. The zero-order valence-electron chi connectivity index (χ0n) is 3.61. The van der Waals surface area contributed by atoms with Crippen molar-refractivity contribution in [2.75, 3.05) is 0 Å². The molecule has 7 heavy (non-hydrogen) atoms. The Hall–Kier alpha value is 1.62. The first kappa shape index (κ1) is 15.8. The molecule has 3 N–H and O–H groups in total. The standard InChI is InChI=1S/Bi.H3O4P.Zn.3H/c;1-5(2,3)4;;;;/h;(H3,1,2,3,4);;;;. The molecule has 0 fully saturated rings. The van der Waals surface area contributed by atoms with E-state index in [1.54, 1.807) is 0 Å². The molecule has 0 bridgehead atoms. The van der Waals surface area contributed by atoms with Gasteiger partial charge in [-0.05, 0) is 0 Å². The average Bonchev–Trinajstić information content (AvgIpc) is 0.722. The van der Waals surface area contributed by atoms with Gasteiger partial charge >= 0.3 is 34.0 Å². The van der Waals surface area contributed by atoms with Crippen molar-refractivity contribution in [2.24, 2.45) is 0 Å². The first-order valence-corrected chi connectivity index (χ1v) is 2.35. The van der Waals surface area contributed by atoms with Crippen molar-refractivity contribution in [1.82, 2.24) is 0 Å². The minimum atomic E-state index is -4.64. The van der Waals surface area contributed by atoms with Crippen LogP contribution in [0.2, 0.25) is 0 Å². The van der Waals surface area contributed by atoms with Crippen molar-refractivity contribution in [1.29, 1.82) is 0 Å². The van der Waals surface area contributed by atoms with Crippen LogP contribution in [0.4, 0.5) is 0 Å². The van der Waals surface area contributed by atoms with Crippen LogP contribution in [0.25, 0.3) is 0 Å². The molecule has 0 radical (unpaired) electrons. The summed E-state index contributed by atoms with van der Waals surface area (Å²) in [4.78, 5) is 21.6. The van der Waals surface area contributed by atoms with Crippen LogP contribution in [0.5, 0.6) is 0 Å². The quantitative estimate of drug-likeness (QED) is 0.334. The number of hydrogen-bond acceptors (Lipinski definition) is 1. The number of rotatable bonds is 0. The van der Waals surface area contributed by atoms with Crippen LogP contribution in [0.1, 0.15) is 0 Å². The van der Waals surface area contributed by atoms with Crippen LogP contribution < -0.4 is 0 Å². The molecule has 42 valence electrons. The second kappa shape index (κ2) is 5.75. The minimum Gasteiger partial charge on any atom is 0 e. The summed E-state index contributed by atoms with van der Waals surface area (Å²) in [6.45, 7) is 0. The van der Waals surface area contributed by atoms with E-state index in [2.05, 4.69) is 0 Å². The van der Waals surface area contributed by atoms with Crippen LogP contribution in [0.3, 0.4) is 0 Å². The molecule has 0 saturated carbocycles. The Morgan fingerprint density at radius 2 is 1.14 bits per heavy atom. The molecular formula is H6BiO4PZn. The Bertz CT molecular complexity index is 57.8. The molecule has 0 saturated heterocycles. The normalized spacial score (nSPS) is 8.43. The zero-order valence-corrected chi connectivity index (χ0v) is 13.0. The van der Waals surface area contributed by atoms with Gasteiger partial charge in [-0.3, -0.25) is 0 Å². The van der Waals surface area contributed by atoms with E-state index in [9.17, 15) is 0 Å². The van der Waals surface area contributed by atoms with E-state index < -0.39 is 7.82 Å². The third kappa shape index (κ3) is 91.9. The number of hydrogen-bond donors (Lipinski definition) is 3. The fourth-order valence-electron chi connectivity index (χ4n) is 0. The van der Waals surface area contributed by atoms with Crippen LogP contribution in [0.15, 0.2) is 0 Å². The van der Waals surface area contributed by atoms with Gasteiger partial charge in [0, 0.05) is 19.5 Å². The van der Waals surface area contributed by atoms with Crippen LogP contribution >= 0.6 is 7.82 Å². The largest absolute Gasteiger partial charge is 0 e. The third-order valence-electron chi connectivity index (χ3n) is 0. The molecule has 0 rings (SSSR count). The summed E-state index contributed by atoms with van der Waals surface area (Å²) in [6.07, 6.45) is 0. The van der Waals surface area contributed by atoms with E-state index in [0.29, 0.717) is 0 Å². The monoisotopic (exact) mass is 374 g/mol. The second-order valence-electron chi connectivity index (χ2n) is 0.513. The van der Waals surface area contributed by atoms with Gasteiger partial charge in [-0.1, -0.05) is 0 Å².